The van der Waals surface area contributed by atoms with Crippen LogP contribution in [0.25, 0.3) is 11.4 Å². The number of benzene rings is 1. The van der Waals surface area contributed by atoms with E-state index in [0.717, 1.165) is 17.8 Å². The Morgan fingerprint density at radius 2 is 1.56 bits per heavy atom. The zero-order chi connectivity index (χ0) is 13.2. The van der Waals surface area contributed by atoms with E-state index in [9.17, 15) is 13.2 Å². The van der Waals surface area contributed by atoms with Crippen molar-refractivity contribution in [3.63, 3.8) is 0 Å². The summed E-state index contributed by atoms with van der Waals surface area (Å²) in [7, 11) is 1.73. The second kappa shape index (κ2) is 4.64. The normalized spacial score (nSPS) is 11.3. The smallest absolute Gasteiger partial charge is 0.386 e. The average Bonchev–Trinajstić information content (AvgIpc) is 2.38. The topological polar surface area (TPSA) is 37.8 Å². The Kier molecular flexibility index (Phi) is 3.18. The molecule has 0 saturated carbocycles. The third-order valence-electron chi connectivity index (χ3n) is 2.41. The highest BCUT2D eigenvalue weighted by molar-refractivity contribution is 5.56. The first kappa shape index (κ1) is 12.3. The van der Waals surface area contributed by atoms with Gasteiger partial charge in [-0.1, -0.05) is 12.1 Å². The first-order chi connectivity index (χ1) is 8.50. The van der Waals surface area contributed by atoms with Gasteiger partial charge in [0.05, 0.1) is 23.6 Å². The van der Waals surface area contributed by atoms with Gasteiger partial charge in [0.25, 0.3) is 0 Å². The Labute approximate surface area is 102 Å². The van der Waals surface area contributed by atoms with Crippen molar-refractivity contribution < 1.29 is 13.2 Å². The zero-order valence-electron chi connectivity index (χ0n) is 9.49. The molecule has 0 spiro atoms. The van der Waals surface area contributed by atoms with Crippen LogP contribution in [0.3, 0.4) is 0 Å². The Balaban J connectivity index is 2.28. The molecule has 1 aromatic carbocycles. The molecular formula is C12H10F3N3. The minimum absolute atomic E-state index is 0.391. The molecule has 0 saturated heterocycles. The summed E-state index contributed by atoms with van der Waals surface area (Å²) in [6, 6.07) is 4.75. The molecule has 0 aliphatic rings. The molecule has 3 nitrogen and oxygen atoms in total. The fourth-order valence-corrected chi connectivity index (χ4v) is 1.41. The van der Waals surface area contributed by atoms with E-state index in [4.69, 9.17) is 0 Å². The summed E-state index contributed by atoms with van der Waals surface area (Å²) in [5, 5.41) is 2.86. The Morgan fingerprint density at radius 3 is 2.00 bits per heavy atom. The maximum Gasteiger partial charge on any atom is 0.416 e. The maximum atomic E-state index is 12.4. The van der Waals surface area contributed by atoms with Gasteiger partial charge in [0.15, 0.2) is 5.82 Å². The lowest BCUT2D eigenvalue weighted by Crippen LogP contribution is -2.04. The monoisotopic (exact) mass is 253 g/mol. The molecule has 1 heterocycles. The molecule has 0 fully saturated rings. The number of nitrogens with zero attached hydrogens (tertiary/aromatic N) is 2. The Morgan fingerprint density at radius 1 is 1.00 bits per heavy atom. The molecule has 6 heteroatoms. The first-order valence-electron chi connectivity index (χ1n) is 5.18. The number of halogens is 3. The summed E-state index contributed by atoms with van der Waals surface area (Å²) < 4.78 is 37.1. The summed E-state index contributed by atoms with van der Waals surface area (Å²) in [5.74, 6) is 0.391. The predicted octanol–water partition coefficient (Wildman–Crippen LogP) is 3.20. The summed E-state index contributed by atoms with van der Waals surface area (Å²) in [6.07, 6.45) is -1.19. The largest absolute Gasteiger partial charge is 0.416 e. The lowest BCUT2D eigenvalue weighted by Gasteiger charge is -2.07. The molecule has 2 aromatic rings. The summed E-state index contributed by atoms with van der Waals surface area (Å²) in [5.41, 5.74) is 0.606. The van der Waals surface area contributed by atoms with Crippen LogP contribution in [-0.2, 0) is 6.18 Å². The third-order valence-corrected chi connectivity index (χ3v) is 2.41. The molecule has 1 aromatic heterocycles. The van der Waals surface area contributed by atoms with Crippen LogP contribution in [-0.4, -0.2) is 17.0 Å². The molecule has 0 aliphatic carbocycles. The summed E-state index contributed by atoms with van der Waals surface area (Å²) in [4.78, 5) is 8.11. The molecule has 0 radical (unpaired) electrons. The van der Waals surface area contributed by atoms with Crippen LogP contribution >= 0.6 is 0 Å². The van der Waals surface area contributed by atoms with Crippen LogP contribution < -0.4 is 5.32 Å². The van der Waals surface area contributed by atoms with Crippen molar-refractivity contribution in [1.29, 1.82) is 0 Å². The van der Waals surface area contributed by atoms with Crippen LogP contribution in [0.5, 0.6) is 0 Å². The van der Waals surface area contributed by atoms with E-state index in [1.54, 1.807) is 19.4 Å². The van der Waals surface area contributed by atoms with E-state index in [1.807, 2.05) is 0 Å². The van der Waals surface area contributed by atoms with Crippen molar-refractivity contribution in [1.82, 2.24) is 9.97 Å². The van der Waals surface area contributed by atoms with Crippen molar-refractivity contribution in [3.05, 3.63) is 42.2 Å². The molecule has 0 atom stereocenters. The third kappa shape index (κ3) is 2.58. The molecule has 1 N–H and O–H groups in total. The molecule has 94 valence electrons. The summed E-state index contributed by atoms with van der Waals surface area (Å²) >= 11 is 0. The van der Waals surface area contributed by atoms with Crippen LogP contribution in [0.4, 0.5) is 18.9 Å². The molecule has 2 rings (SSSR count). The SMILES string of the molecule is CNc1cnc(-c2ccc(C(F)(F)F)cc2)nc1. The number of rotatable bonds is 2. The first-order valence-corrected chi connectivity index (χ1v) is 5.18. The number of alkyl halides is 3. The highest BCUT2D eigenvalue weighted by Gasteiger charge is 2.30. The van der Waals surface area contributed by atoms with Gasteiger partial charge in [-0.15, -0.1) is 0 Å². The zero-order valence-corrected chi connectivity index (χ0v) is 9.49. The van der Waals surface area contributed by atoms with Crippen LogP contribution in [0.1, 0.15) is 5.56 Å². The van der Waals surface area contributed by atoms with Crippen LogP contribution in [0, 0.1) is 0 Å². The lowest BCUT2D eigenvalue weighted by molar-refractivity contribution is -0.137. The quantitative estimate of drug-likeness (QED) is 0.893. The van der Waals surface area contributed by atoms with Crippen LogP contribution in [0.2, 0.25) is 0 Å². The minimum atomic E-state index is -4.32. The highest BCUT2D eigenvalue weighted by Crippen LogP contribution is 2.30. The van der Waals surface area contributed by atoms with Crippen LogP contribution in [0.15, 0.2) is 36.7 Å². The maximum absolute atomic E-state index is 12.4. The molecule has 0 unspecified atom stereocenters. The Bertz CT molecular complexity index is 518. The van der Waals surface area contributed by atoms with Gasteiger partial charge in [-0.3, -0.25) is 0 Å². The number of aromatic nitrogens is 2. The molecule has 18 heavy (non-hydrogen) atoms. The number of hydrogen-bond acceptors (Lipinski definition) is 3. The fraction of sp³-hybridized carbons (Fsp3) is 0.167. The van der Waals surface area contributed by atoms with Gasteiger partial charge in [-0.25, -0.2) is 9.97 Å². The summed E-state index contributed by atoms with van der Waals surface area (Å²) in [6.45, 7) is 0. The van der Waals surface area contributed by atoms with Crippen molar-refractivity contribution in [3.8, 4) is 11.4 Å². The van der Waals surface area contributed by atoms with Gasteiger partial charge < -0.3 is 5.32 Å². The minimum Gasteiger partial charge on any atom is -0.386 e. The highest BCUT2D eigenvalue weighted by atomic mass is 19.4. The lowest BCUT2D eigenvalue weighted by atomic mass is 10.1. The number of anilines is 1. The fourth-order valence-electron chi connectivity index (χ4n) is 1.41. The van der Waals surface area contributed by atoms with Crippen molar-refractivity contribution in [2.24, 2.45) is 0 Å². The van der Waals surface area contributed by atoms with Gasteiger partial charge in [0.1, 0.15) is 0 Å². The van der Waals surface area contributed by atoms with Gasteiger partial charge in [0, 0.05) is 12.6 Å². The second-order valence-corrected chi connectivity index (χ2v) is 3.62. The number of nitrogens with one attached hydrogen (secondary N) is 1. The van der Waals surface area contributed by atoms with Gasteiger partial charge in [-0.05, 0) is 12.1 Å². The van der Waals surface area contributed by atoms with Gasteiger partial charge >= 0.3 is 6.18 Å². The predicted molar refractivity (Wildman–Crippen MR) is 62.0 cm³/mol. The van der Waals surface area contributed by atoms with E-state index in [1.165, 1.54) is 12.1 Å². The van der Waals surface area contributed by atoms with E-state index < -0.39 is 11.7 Å². The van der Waals surface area contributed by atoms with Crippen molar-refractivity contribution >= 4 is 5.69 Å². The average molecular weight is 253 g/mol. The molecular weight excluding hydrogens is 243 g/mol. The molecule has 0 amide bonds. The van der Waals surface area contributed by atoms with Gasteiger partial charge in [0.2, 0.25) is 0 Å². The van der Waals surface area contributed by atoms with Gasteiger partial charge in [-0.2, -0.15) is 13.2 Å². The van der Waals surface area contributed by atoms with Crippen molar-refractivity contribution in [2.45, 2.75) is 6.18 Å². The van der Waals surface area contributed by atoms with E-state index in [-0.39, 0.29) is 0 Å². The molecule has 0 aliphatic heterocycles. The second-order valence-electron chi connectivity index (χ2n) is 3.62. The van der Waals surface area contributed by atoms with E-state index in [0.29, 0.717) is 11.4 Å². The Hall–Kier alpha value is -2.11. The van der Waals surface area contributed by atoms with Crippen molar-refractivity contribution in [2.75, 3.05) is 12.4 Å². The van der Waals surface area contributed by atoms with E-state index in [2.05, 4.69) is 15.3 Å². The standard InChI is InChI=1S/C12H10F3N3/c1-16-10-6-17-11(18-7-10)8-2-4-9(5-3-8)12(13,14)15/h2-7,16H,1H3. The van der Waals surface area contributed by atoms with E-state index >= 15 is 0 Å². The molecule has 0 bridgehead atoms. The number of hydrogen-bond donors (Lipinski definition) is 1.